The molecule has 2 nitrogen and oxygen atoms in total. The van der Waals surface area contributed by atoms with Gasteiger partial charge in [0.1, 0.15) is 0 Å². The first-order valence-corrected chi connectivity index (χ1v) is 4.47. The van der Waals surface area contributed by atoms with E-state index in [4.69, 9.17) is 0 Å². The Bertz CT molecular complexity index is 285. The highest BCUT2D eigenvalue weighted by Gasteiger charge is 2.05. The molecule has 56 valence electrons. The average molecular weight is 164 g/mol. The van der Waals surface area contributed by atoms with E-state index in [9.17, 15) is 0 Å². The van der Waals surface area contributed by atoms with Crippen molar-refractivity contribution in [3.05, 3.63) is 22.4 Å². The van der Waals surface area contributed by atoms with E-state index in [0.717, 1.165) is 18.6 Å². The van der Waals surface area contributed by atoms with E-state index in [1.807, 2.05) is 12.3 Å². The van der Waals surface area contributed by atoms with E-state index in [-0.39, 0.29) is 0 Å². The van der Waals surface area contributed by atoms with Crippen LogP contribution in [0, 0.1) is 0 Å². The maximum absolute atomic E-state index is 4.07. The van der Waals surface area contributed by atoms with Crippen LogP contribution in [0.3, 0.4) is 0 Å². The summed E-state index contributed by atoms with van der Waals surface area (Å²) in [6.07, 6.45) is 3.91. The van der Waals surface area contributed by atoms with Gasteiger partial charge in [0, 0.05) is 6.21 Å². The van der Waals surface area contributed by atoms with Crippen molar-refractivity contribution in [1.82, 2.24) is 0 Å². The zero-order valence-corrected chi connectivity index (χ0v) is 6.84. The number of thiophene rings is 1. The van der Waals surface area contributed by atoms with Gasteiger partial charge in [-0.15, -0.1) is 11.3 Å². The molecule has 2 heterocycles. The standard InChI is InChI=1S/C8H8N2S/c1-3-7(10-9-5-1)8-4-2-6-11-8/h2,4-6H,1,3H2. The van der Waals surface area contributed by atoms with Gasteiger partial charge in [0.05, 0.1) is 10.6 Å². The van der Waals surface area contributed by atoms with Gasteiger partial charge in [-0.25, -0.2) is 0 Å². The highest BCUT2D eigenvalue weighted by Crippen LogP contribution is 2.14. The summed E-state index contributed by atoms with van der Waals surface area (Å²) in [5.74, 6) is 0. The summed E-state index contributed by atoms with van der Waals surface area (Å²) in [5.41, 5.74) is 1.13. The molecule has 1 aliphatic rings. The monoisotopic (exact) mass is 164 g/mol. The summed E-state index contributed by atoms with van der Waals surface area (Å²) in [7, 11) is 0. The molecule has 0 saturated carbocycles. The predicted molar refractivity (Wildman–Crippen MR) is 48.6 cm³/mol. The minimum Gasteiger partial charge on any atom is -0.163 e. The Morgan fingerprint density at radius 3 is 3.09 bits per heavy atom. The van der Waals surface area contributed by atoms with Gasteiger partial charge < -0.3 is 0 Å². The molecule has 0 fully saturated rings. The van der Waals surface area contributed by atoms with Crippen LogP contribution in [-0.4, -0.2) is 11.9 Å². The molecule has 1 aromatic rings. The Hall–Kier alpha value is -0.960. The van der Waals surface area contributed by atoms with Gasteiger partial charge >= 0.3 is 0 Å². The topological polar surface area (TPSA) is 24.7 Å². The van der Waals surface area contributed by atoms with E-state index >= 15 is 0 Å². The van der Waals surface area contributed by atoms with Crippen molar-refractivity contribution in [1.29, 1.82) is 0 Å². The van der Waals surface area contributed by atoms with Crippen molar-refractivity contribution in [2.24, 2.45) is 10.2 Å². The number of rotatable bonds is 1. The molecule has 1 aromatic heterocycles. The van der Waals surface area contributed by atoms with E-state index in [1.54, 1.807) is 11.3 Å². The molecule has 2 rings (SSSR count). The van der Waals surface area contributed by atoms with Crippen LogP contribution in [0.25, 0.3) is 0 Å². The van der Waals surface area contributed by atoms with E-state index in [0.29, 0.717) is 0 Å². The van der Waals surface area contributed by atoms with E-state index in [2.05, 4.69) is 21.6 Å². The average Bonchev–Trinajstić information content (AvgIpc) is 2.58. The lowest BCUT2D eigenvalue weighted by molar-refractivity contribution is 1.07. The summed E-state index contributed by atoms with van der Waals surface area (Å²) in [4.78, 5) is 1.25. The van der Waals surface area contributed by atoms with Crippen molar-refractivity contribution in [3.8, 4) is 0 Å². The van der Waals surface area contributed by atoms with Crippen LogP contribution in [0.2, 0.25) is 0 Å². The molecule has 0 unspecified atom stereocenters. The van der Waals surface area contributed by atoms with Crippen LogP contribution < -0.4 is 0 Å². The zero-order chi connectivity index (χ0) is 7.52. The Labute approximate surface area is 69.3 Å². The van der Waals surface area contributed by atoms with Crippen LogP contribution in [0.5, 0.6) is 0 Å². The highest BCUT2D eigenvalue weighted by atomic mass is 32.1. The molecule has 0 spiro atoms. The van der Waals surface area contributed by atoms with Crippen molar-refractivity contribution in [2.75, 3.05) is 0 Å². The fourth-order valence-corrected chi connectivity index (χ4v) is 1.77. The van der Waals surface area contributed by atoms with E-state index in [1.165, 1.54) is 4.88 Å². The molecule has 0 N–H and O–H groups in total. The van der Waals surface area contributed by atoms with Gasteiger partial charge in [0.15, 0.2) is 0 Å². The summed E-state index contributed by atoms with van der Waals surface area (Å²) in [6.45, 7) is 0. The second-order valence-electron chi connectivity index (χ2n) is 2.36. The second kappa shape index (κ2) is 2.96. The van der Waals surface area contributed by atoms with Crippen LogP contribution in [-0.2, 0) is 0 Å². The summed E-state index contributed by atoms with van der Waals surface area (Å²) in [5, 5.41) is 10.0. The van der Waals surface area contributed by atoms with Crippen molar-refractivity contribution in [3.63, 3.8) is 0 Å². The molecule has 0 aliphatic carbocycles. The van der Waals surface area contributed by atoms with Crippen molar-refractivity contribution >= 4 is 23.3 Å². The van der Waals surface area contributed by atoms with E-state index < -0.39 is 0 Å². The number of hydrogen-bond acceptors (Lipinski definition) is 3. The third-order valence-corrected chi connectivity index (χ3v) is 2.49. The summed E-state index contributed by atoms with van der Waals surface area (Å²) >= 11 is 1.72. The van der Waals surface area contributed by atoms with Gasteiger partial charge in [-0.2, -0.15) is 10.2 Å². The van der Waals surface area contributed by atoms with Crippen molar-refractivity contribution < 1.29 is 0 Å². The molecule has 1 aliphatic heterocycles. The molecular formula is C8H8N2S. The quantitative estimate of drug-likeness (QED) is 0.608. The molecule has 3 heteroatoms. The third kappa shape index (κ3) is 1.38. The van der Waals surface area contributed by atoms with Crippen LogP contribution >= 0.6 is 11.3 Å². The summed E-state index contributed by atoms with van der Waals surface area (Å²) in [6, 6.07) is 4.13. The van der Waals surface area contributed by atoms with Gasteiger partial charge in [-0.05, 0) is 24.3 Å². The minimum atomic E-state index is 1.02. The fourth-order valence-electron chi connectivity index (χ4n) is 1.03. The molecule has 0 aromatic carbocycles. The Balaban J connectivity index is 2.29. The smallest absolute Gasteiger partial charge is 0.0805 e. The molecule has 11 heavy (non-hydrogen) atoms. The lowest BCUT2D eigenvalue weighted by atomic mass is 10.2. The lowest BCUT2D eigenvalue weighted by Crippen LogP contribution is -2.01. The Kier molecular flexibility index (Phi) is 1.81. The molecule has 0 bridgehead atoms. The Morgan fingerprint density at radius 1 is 1.45 bits per heavy atom. The third-order valence-electron chi connectivity index (χ3n) is 1.58. The maximum atomic E-state index is 4.07. The largest absolute Gasteiger partial charge is 0.163 e. The van der Waals surface area contributed by atoms with Gasteiger partial charge in [-0.3, -0.25) is 0 Å². The Morgan fingerprint density at radius 2 is 2.45 bits per heavy atom. The molecule has 0 saturated heterocycles. The molecule has 0 atom stereocenters. The predicted octanol–water partition coefficient (Wildman–Crippen LogP) is 2.32. The maximum Gasteiger partial charge on any atom is 0.0805 e. The second-order valence-corrected chi connectivity index (χ2v) is 3.31. The lowest BCUT2D eigenvalue weighted by Gasteiger charge is -2.02. The SMILES string of the molecule is C1=NN=C(c2cccs2)CC1. The number of hydrogen-bond donors (Lipinski definition) is 0. The first kappa shape index (κ1) is 6.73. The van der Waals surface area contributed by atoms with Gasteiger partial charge in [0.25, 0.3) is 0 Å². The molecular weight excluding hydrogens is 156 g/mol. The minimum absolute atomic E-state index is 1.02. The fraction of sp³-hybridized carbons (Fsp3) is 0.250. The van der Waals surface area contributed by atoms with Crippen LogP contribution in [0.15, 0.2) is 27.7 Å². The first-order valence-electron chi connectivity index (χ1n) is 3.59. The van der Waals surface area contributed by atoms with Crippen molar-refractivity contribution in [2.45, 2.75) is 12.8 Å². The normalized spacial score (nSPS) is 16.5. The van der Waals surface area contributed by atoms with Crippen LogP contribution in [0.1, 0.15) is 17.7 Å². The highest BCUT2D eigenvalue weighted by molar-refractivity contribution is 7.12. The first-order chi connectivity index (χ1) is 5.47. The zero-order valence-electron chi connectivity index (χ0n) is 6.03. The number of nitrogens with zero attached hydrogens (tertiary/aromatic N) is 2. The van der Waals surface area contributed by atoms with Gasteiger partial charge in [0.2, 0.25) is 0 Å². The molecule has 0 amide bonds. The summed E-state index contributed by atoms with van der Waals surface area (Å²) < 4.78 is 0. The van der Waals surface area contributed by atoms with Gasteiger partial charge in [-0.1, -0.05) is 6.07 Å². The molecule has 0 radical (unpaired) electrons. The van der Waals surface area contributed by atoms with Crippen LogP contribution in [0.4, 0.5) is 0 Å².